The number of rotatable bonds is 8. The molecular formula is C23H32N2O6. The van der Waals surface area contributed by atoms with Crippen LogP contribution in [-0.2, 0) is 0 Å². The topological polar surface area (TPSA) is 83.9 Å². The lowest BCUT2D eigenvalue weighted by Crippen LogP contribution is -2.48. The Bertz CT molecular complexity index is 894. The lowest BCUT2D eigenvalue weighted by molar-refractivity contribution is 0.122. The Hall–Kier alpha value is -2.84. The number of aliphatic hydroxyl groups excluding tert-OH is 1. The van der Waals surface area contributed by atoms with E-state index in [-0.39, 0.29) is 17.6 Å². The number of hydrogen-bond acceptors (Lipinski definition) is 8. The van der Waals surface area contributed by atoms with Crippen molar-refractivity contribution in [1.29, 1.82) is 0 Å². The molecule has 0 spiro atoms. The van der Waals surface area contributed by atoms with Gasteiger partial charge in [0.1, 0.15) is 11.5 Å². The van der Waals surface area contributed by atoms with E-state index in [1.807, 2.05) is 25.1 Å². The highest BCUT2D eigenvalue weighted by Crippen LogP contribution is 2.47. The molecule has 1 heterocycles. The van der Waals surface area contributed by atoms with Crippen LogP contribution in [0.1, 0.15) is 12.5 Å². The number of phenolic OH excluding ortho intramolecular Hbond substituents is 1. The third kappa shape index (κ3) is 5.08. The summed E-state index contributed by atoms with van der Waals surface area (Å²) in [5, 5.41) is 19.9. The van der Waals surface area contributed by atoms with E-state index in [0.29, 0.717) is 29.4 Å². The van der Waals surface area contributed by atoms with E-state index in [1.165, 1.54) is 14.2 Å². The summed E-state index contributed by atoms with van der Waals surface area (Å²) in [6, 6.07) is 7.37. The first-order valence-corrected chi connectivity index (χ1v) is 10.3. The van der Waals surface area contributed by atoms with Crippen LogP contribution in [0.3, 0.4) is 0 Å². The standard InChI is InChI=1S/C23H32N2O6/c1-15-12-20(22(29-4)23(30-5)21(15)27)31-17-6-7-19(28-3)18(13-17)25-10-8-24(9-11-25)14-16(2)26/h6-7,12-13,16,26-27H,8-11,14H2,1-5H3. The molecule has 31 heavy (non-hydrogen) atoms. The van der Waals surface area contributed by atoms with Crippen LogP contribution >= 0.6 is 0 Å². The molecule has 8 heteroatoms. The van der Waals surface area contributed by atoms with Crippen molar-refractivity contribution >= 4 is 5.69 Å². The Morgan fingerprint density at radius 1 is 0.935 bits per heavy atom. The first kappa shape index (κ1) is 22.8. The summed E-state index contributed by atoms with van der Waals surface area (Å²) in [4.78, 5) is 4.51. The lowest BCUT2D eigenvalue weighted by Gasteiger charge is -2.37. The number of β-amino-alcohol motifs (C(OH)–C–C–N with tert-alkyl or cyclic N) is 1. The zero-order chi connectivity index (χ0) is 22.5. The van der Waals surface area contributed by atoms with Crippen molar-refractivity contribution in [2.75, 3.05) is 59.0 Å². The van der Waals surface area contributed by atoms with Gasteiger partial charge in [0, 0.05) is 38.8 Å². The van der Waals surface area contributed by atoms with Crippen LogP contribution < -0.4 is 23.8 Å². The molecule has 3 rings (SSSR count). The van der Waals surface area contributed by atoms with Gasteiger partial charge < -0.3 is 34.1 Å². The minimum atomic E-state index is -0.335. The summed E-state index contributed by atoms with van der Waals surface area (Å²) in [6.07, 6.45) is -0.335. The first-order chi connectivity index (χ1) is 14.9. The van der Waals surface area contributed by atoms with Crippen LogP contribution in [-0.4, -0.2) is 75.3 Å². The van der Waals surface area contributed by atoms with Crippen LogP contribution in [0.5, 0.6) is 34.5 Å². The second kappa shape index (κ2) is 9.98. The van der Waals surface area contributed by atoms with Gasteiger partial charge in [0.25, 0.3) is 0 Å². The third-order valence-electron chi connectivity index (χ3n) is 5.39. The molecule has 1 fully saturated rings. The number of nitrogens with zero attached hydrogens (tertiary/aromatic N) is 2. The molecule has 170 valence electrons. The Kier molecular flexibility index (Phi) is 7.35. The maximum absolute atomic E-state index is 10.3. The van der Waals surface area contributed by atoms with Gasteiger partial charge in [-0.25, -0.2) is 0 Å². The predicted octanol–water partition coefficient (Wildman–Crippen LogP) is 3.02. The number of benzene rings is 2. The molecule has 0 saturated carbocycles. The second-order valence-electron chi connectivity index (χ2n) is 7.68. The quantitative estimate of drug-likeness (QED) is 0.659. The first-order valence-electron chi connectivity index (χ1n) is 10.3. The van der Waals surface area contributed by atoms with Gasteiger partial charge in [0.2, 0.25) is 11.5 Å². The molecule has 8 nitrogen and oxygen atoms in total. The van der Waals surface area contributed by atoms with Crippen LogP contribution in [0.2, 0.25) is 0 Å². The Balaban J connectivity index is 1.86. The number of aryl methyl sites for hydroxylation is 1. The van der Waals surface area contributed by atoms with Gasteiger partial charge in [-0.15, -0.1) is 0 Å². The molecule has 2 N–H and O–H groups in total. The summed E-state index contributed by atoms with van der Waals surface area (Å²) >= 11 is 0. The number of phenols is 1. The molecule has 1 aliphatic rings. The molecular weight excluding hydrogens is 400 g/mol. The summed E-state index contributed by atoms with van der Waals surface area (Å²) in [5.74, 6) is 2.43. The van der Waals surface area contributed by atoms with Crippen molar-refractivity contribution in [1.82, 2.24) is 4.90 Å². The van der Waals surface area contributed by atoms with Crippen LogP contribution in [0.4, 0.5) is 5.69 Å². The Labute approximate surface area is 183 Å². The Morgan fingerprint density at radius 3 is 2.19 bits per heavy atom. The van der Waals surface area contributed by atoms with E-state index in [2.05, 4.69) is 9.80 Å². The Morgan fingerprint density at radius 2 is 1.61 bits per heavy atom. The van der Waals surface area contributed by atoms with E-state index in [1.54, 1.807) is 20.1 Å². The normalized spacial score (nSPS) is 15.5. The van der Waals surface area contributed by atoms with E-state index in [4.69, 9.17) is 18.9 Å². The van der Waals surface area contributed by atoms with E-state index in [9.17, 15) is 10.2 Å². The van der Waals surface area contributed by atoms with Crippen molar-refractivity contribution in [3.8, 4) is 34.5 Å². The molecule has 0 aromatic heterocycles. The van der Waals surface area contributed by atoms with Gasteiger partial charge in [0.05, 0.1) is 33.1 Å². The molecule has 1 unspecified atom stereocenters. The summed E-state index contributed by atoms with van der Waals surface area (Å²) in [6.45, 7) is 7.63. The third-order valence-corrected chi connectivity index (χ3v) is 5.39. The molecule has 0 aliphatic carbocycles. The van der Waals surface area contributed by atoms with Crippen molar-refractivity contribution in [3.63, 3.8) is 0 Å². The molecule has 1 saturated heterocycles. The molecule has 2 aromatic rings. The van der Waals surface area contributed by atoms with Gasteiger partial charge in [0.15, 0.2) is 11.5 Å². The number of piperazine rings is 1. The average Bonchev–Trinajstić information content (AvgIpc) is 2.76. The fourth-order valence-corrected chi connectivity index (χ4v) is 3.84. The number of aliphatic hydroxyl groups is 1. The van der Waals surface area contributed by atoms with E-state index >= 15 is 0 Å². The van der Waals surface area contributed by atoms with Crippen molar-refractivity contribution < 1.29 is 29.2 Å². The van der Waals surface area contributed by atoms with Crippen LogP contribution in [0, 0.1) is 6.92 Å². The fourth-order valence-electron chi connectivity index (χ4n) is 3.84. The van der Waals surface area contributed by atoms with Crippen molar-refractivity contribution in [3.05, 3.63) is 29.8 Å². The van der Waals surface area contributed by atoms with Crippen molar-refractivity contribution in [2.24, 2.45) is 0 Å². The largest absolute Gasteiger partial charge is 0.504 e. The SMILES string of the molecule is COc1ccc(Oc2cc(C)c(O)c(OC)c2OC)cc1N1CCN(CC(C)O)CC1. The van der Waals surface area contributed by atoms with Crippen LogP contribution in [0.15, 0.2) is 24.3 Å². The van der Waals surface area contributed by atoms with E-state index < -0.39 is 0 Å². The van der Waals surface area contributed by atoms with Gasteiger partial charge in [-0.2, -0.15) is 0 Å². The summed E-state index contributed by atoms with van der Waals surface area (Å²) in [7, 11) is 4.63. The average molecular weight is 433 g/mol. The van der Waals surface area contributed by atoms with Crippen LogP contribution in [0.25, 0.3) is 0 Å². The highest BCUT2D eigenvalue weighted by molar-refractivity contribution is 5.65. The van der Waals surface area contributed by atoms with Gasteiger partial charge >= 0.3 is 0 Å². The molecule has 0 bridgehead atoms. The number of anilines is 1. The molecule has 0 amide bonds. The number of methoxy groups -OCH3 is 3. The second-order valence-corrected chi connectivity index (χ2v) is 7.68. The number of ether oxygens (including phenoxy) is 4. The number of hydrogen-bond donors (Lipinski definition) is 2. The lowest BCUT2D eigenvalue weighted by atomic mass is 10.1. The summed E-state index contributed by atoms with van der Waals surface area (Å²) in [5.41, 5.74) is 1.56. The van der Waals surface area contributed by atoms with Crippen molar-refractivity contribution in [2.45, 2.75) is 20.0 Å². The van der Waals surface area contributed by atoms with E-state index in [0.717, 1.165) is 37.6 Å². The molecule has 1 atom stereocenters. The van der Waals surface area contributed by atoms with Gasteiger partial charge in [-0.3, -0.25) is 4.90 Å². The zero-order valence-corrected chi connectivity index (χ0v) is 18.8. The zero-order valence-electron chi connectivity index (χ0n) is 18.8. The molecule has 2 aromatic carbocycles. The monoisotopic (exact) mass is 432 g/mol. The highest BCUT2D eigenvalue weighted by Gasteiger charge is 2.23. The minimum Gasteiger partial charge on any atom is -0.504 e. The molecule has 1 aliphatic heterocycles. The predicted molar refractivity (Wildman–Crippen MR) is 119 cm³/mol. The number of aromatic hydroxyl groups is 1. The smallest absolute Gasteiger partial charge is 0.207 e. The van der Waals surface area contributed by atoms with Gasteiger partial charge in [-0.05, 0) is 37.6 Å². The highest BCUT2D eigenvalue weighted by atomic mass is 16.5. The maximum atomic E-state index is 10.3. The maximum Gasteiger partial charge on any atom is 0.207 e. The van der Waals surface area contributed by atoms with Gasteiger partial charge in [-0.1, -0.05) is 0 Å². The fraction of sp³-hybridized carbons (Fsp3) is 0.478. The molecule has 0 radical (unpaired) electrons. The summed E-state index contributed by atoms with van der Waals surface area (Å²) < 4.78 is 22.5. The minimum absolute atomic E-state index is 0.0252.